The second-order valence-electron chi connectivity index (χ2n) is 4.14. The van der Waals surface area contributed by atoms with E-state index in [4.69, 9.17) is 11.6 Å². The molecule has 0 fully saturated rings. The van der Waals surface area contributed by atoms with Crippen molar-refractivity contribution in [3.8, 4) is 0 Å². The van der Waals surface area contributed by atoms with Gasteiger partial charge in [-0.05, 0) is 36.8 Å². The van der Waals surface area contributed by atoms with Crippen molar-refractivity contribution in [2.24, 2.45) is 0 Å². The summed E-state index contributed by atoms with van der Waals surface area (Å²) in [6.07, 6.45) is 0. The molecule has 3 nitrogen and oxygen atoms in total. The first-order valence-corrected chi connectivity index (χ1v) is 7.40. The minimum atomic E-state index is -4.23. The second-order valence-corrected chi connectivity index (χ2v) is 6.20. The Labute approximate surface area is 120 Å². The number of hydrogen-bond donors (Lipinski definition) is 1. The minimum absolute atomic E-state index is 0.227. The van der Waals surface area contributed by atoms with Gasteiger partial charge in [0.25, 0.3) is 10.0 Å². The highest BCUT2D eigenvalue weighted by molar-refractivity contribution is 7.92. The number of aryl methyl sites for hydroxylation is 1. The third-order valence-electron chi connectivity index (χ3n) is 2.57. The molecular formula is C13H10ClF2NO2S. The zero-order valence-electron chi connectivity index (χ0n) is 10.3. The van der Waals surface area contributed by atoms with Crippen LogP contribution < -0.4 is 4.72 Å². The molecule has 0 aliphatic carbocycles. The van der Waals surface area contributed by atoms with E-state index in [1.54, 1.807) is 6.92 Å². The highest BCUT2D eigenvalue weighted by Crippen LogP contribution is 2.25. The maximum atomic E-state index is 13.7. The van der Waals surface area contributed by atoms with Gasteiger partial charge in [-0.2, -0.15) is 0 Å². The topological polar surface area (TPSA) is 46.2 Å². The van der Waals surface area contributed by atoms with Crippen LogP contribution in [0.2, 0.25) is 5.02 Å². The van der Waals surface area contributed by atoms with Crippen LogP contribution in [0.3, 0.4) is 0 Å². The molecule has 0 saturated carbocycles. The molecule has 20 heavy (non-hydrogen) atoms. The van der Waals surface area contributed by atoms with Gasteiger partial charge in [0.1, 0.15) is 10.7 Å². The van der Waals surface area contributed by atoms with Gasteiger partial charge < -0.3 is 0 Å². The molecule has 0 aliphatic heterocycles. The SMILES string of the molecule is Cc1ccc(F)c(S(=O)(=O)Nc2cccc(Cl)c2F)c1. The number of halogens is 3. The predicted octanol–water partition coefficient (Wildman–Crippen LogP) is 3.73. The monoisotopic (exact) mass is 317 g/mol. The lowest BCUT2D eigenvalue weighted by Gasteiger charge is -2.10. The fourth-order valence-electron chi connectivity index (χ4n) is 1.60. The van der Waals surface area contributed by atoms with E-state index in [-0.39, 0.29) is 10.7 Å². The van der Waals surface area contributed by atoms with E-state index in [0.717, 1.165) is 6.07 Å². The Morgan fingerprint density at radius 2 is 1.85 bits per heavy atom. The van der Waals surface area contributed by atoms with Gasteiger partial charge in [-0.15, -0.1) is 0 Å². The molecule has 0 aliphatic rings. The van der Waals surface area contributed by atoms with Crippen LogP contribution in [0.15, 0.2) is 41.3 Å². The summed E-state index contributed by atoms with van der Waals surface area (Å²) in [5.74, 6) is -1.82. The van der Waals surface area contributed by atoms with Crippen molar-refractivity contribution in [3.05, 3.63) is 58.6 Å². The van der Waals surface area contributed by atoms with Crippen LogP contribution in [-0.2, 0) is 10.0 Å². The molecule has 0 amide bonds. The molecule has 2 aromatic carbocycles. The van der Waals surface area contributed by atoms with E-state index >= 15 is 0 Å². The van der Waals surface area contributed by atoms with Gasteiger partial charge in [0, 0.05) is 0 Å². The number of anilines is 1. The van der Waals surface area contributed by atoms with Gasteiger partial charge in [0.05, 0.1) is 10.7 Å². The zero-order chi connectivity index (χ0) is 14.9. The molecule has 0 bridgehead atoms. The summed E-state index contributed by atoms with van der Waals surface area (Å²) in [5, 5.41) is -0.227. The molecule has 1 N–H and O–H groups in total. The largest absolute Gasteiger partial charge is 0.277 e. The Balaban J connectivity index is 2.46. The van der Waals surface area contributed by atoms with Crippen molar-refractivity contribution in [1.29, 1.82) is 0 Å². The van der Waals surface area contributed by atoms with Crippen LogP contribution in [0, 0.1) is 18.6 Å². The minimum Gasteiger partial charge on any atom is -0.277 e. The molecule has 106 valence electrons. The van der Waals surface area contributed by atoms with Crippen molar-refractivity contribution < 1.29 is 17.2 Å². The van der Waals surface area contributed by atoms with Gasteiger partial charge in [0.15, 0.2) is 5.82 Å². The number of rotatable bonds is 3. The van der Waals surface area contributed by atoms with Gasteiger partial charge in [-0.1, -0.05) is 23.7 Å². The first kappa shape index (κ1) is 14.7. The van der Waals surface area contributed by atoms with Crippen LogP contribution in [0.5, 0.6) is 0 Å². The lowest BCUT2D eigenvalue weighted by atomic mass is 10.2. The Morgan fingerprint density at radius 1 is 1.15 bits per heavy atom. The third kappa shape index (κ3) is 2.91. The van der Waals surface area contributed by atoms with Gasteiger partial charge in [-0.25, -0.2) is 17.2 Å². The van der Waals surface area contributed by atoms with Crippen molar-refractivity contribution in [1.82, 2.24) is 0 Å². The Kier molecular flexibility index (Phi) is 3.96. The second kappa shape index (κ2) is 5.38. The van der Waals surface area contributed by atoms with E-state index in [1.165, 1.54) is 30.3 Å². The molecule has 2 aromatic rings. The number of nitrogens with one attached hydrogen (secondary N) is 1. The molecular weight excluding hydrogens is 308 g/mol. The predicted molar refractivity (Wildman–Crippen MR) is 73.4 cm³/mol. The Hall–Kier alpha value is -1.66. The summed E-state index contributed by atoms with van der Waals surface area (Å²) in [6.45, 7) is 1.62. The number of hydrogen-bond acceptors (Lipinski definition) is 2. The van der Waals surface area contributed by atoms with Crippen LogP contribution >= 0.6 is 11.6 Å². The maximum absolute atomic E-state index is 13.7. The fourth-order valence-corrected chi connectivity index (χ4v) is 3.00. The van der Waals surface area contributed by atoms with Crippen LogP contribution in [-0.4, -0.2) is 8.42 Å². The van der Waals surface area contributed by atoms with E-state index < -0.39 is 26.6 Å². The highest BCUT2D eigenvalue weighted by Gasteiger charge is 2.21. The number of benzene rings is 2. The standard InChI is InChI=1S/C13H10ClF2NO2S/c1-8-5-6-10(15)12(7-8)20(18,19)17-11-4-2-3-9(14)13(11)16/h2-7,17H,1H3. The van der Waals surface area contributed by atoms with Gasteiger partial charge in [-0.3, -0.25) is 4.72 Å². The lowest BCUT2D eigenvalue weighted by molar-refractivity contribution is 0.569. The van der Waals surface area contributed by atoms with Crippen molar-refractivity contribution >= 4 is 27.3 Å². The van der Waals surface area contributed by atoms with Crippen molar-refractivity contribution in [2.45, 2.75) is 11.8 Å². The third-order valence-corrected chi connectivity index (χ3v) is 4.24. The molecule has 0 unspecified atom stereocenters. The summed E-state index contributed by atoms with van der Waals surface area (Å²) in [4.78, 5) is -0.545. The van der Waals surface area contributed by atoms with E-state index in [2.05, 4.69) is 0 Å². The smallest absolute Gasteiger partial charge is 0.264 e. The van der Waals surface area contributed by atoms with E-state index in [0.29, 0.717) is 5.56 Å². The van der Waals surface area contributed by atoms with Crippen LogP contribution in [0.4, 0.5) is 14.5 Å². The summed E-state index contributed by atoms with van der Waals surface area (Å²) in [6, 6.07) is 7.51. The molecule has 0 radical (unpaired) electrons. The van der Waals surface area contributed by atoms with E-state index in [1.807, 2.05) is 4.72 Å². The normalized spacial score (nSPS) is 11.4. The first-order valence-electron chi connectivity index (χ1n) is 5.54. The van der Waals surface area contributed by atoms with Gasteiger partial charge >= 0.3 is 0 Å². The summed E-state index contributed by atoms with van der Waals surface area (Å²) in [7, 11) is -4.23. The highest BCUT2D eigenvalue weighted by atomic mass is 35.5. The fraction of sp³-hybridized carbons (Fsp3) is 0.0769. The van der Waals surface area contributed by atoms with Crippen molar-refractivity contribution in [2.75, 3.05) is 4.72 Å². The maximum Gasteiger partial charge on any atom is 0.264 e. The average molecular weight is 318 g/mol. The Bertz CT molecular complexity index is 763. The van der Waals surface area contributed by atoms with E-state index in [9.17, 15) is 17.2 Å². The molecule has 0 spiro atoms. The average Bonchev–Trinajstić information content (AvgIpc) is 2.37. The zero-order valence-corrected chi connectivity index (χ0v) is 11.9. The number of sulfonamides is 1. The van der Waals surface area contributed by atoms with Crippen LogP contribution in [0.1, 0.15) is 5.56 Å². The summed E-state index contributed by atoms with van der Waals surface area (Å²) < 4.78 is 53.4. The molecule has 0 saturated heterocycles. The summed E-state index contributed by atoms with van der Waals surface area (Å²) in [5.41, 5.74) is 0.233. The van der Waals surface area contributed by atoms with Crippen molar-refractivity contribution in [3.63, 3.8) is 0 Å². The Morgan fingerprint density at radius 3 is 2.55 bits per heavy atom. The molecule has 0 heterocycles. The molecule has 0 aromatic heterocycles. The molecule has 0 atom stereocenters. The lowest BCUT2D eigenvalue weighted by Crippen LogP contribution is -2.15. The molecule has 7 heteroatoms. The summed E-state index contributed by atoms with van der Waals surface area (Å²) >= 11 is 5.56. The quantitative estimate of drug-likeness (QED) is 0.937. The molecule has 2 rings (SSSR count). The first-order chi connectivity index (χ1) is 9.31. The van der Waals surface area contributed by atoms with Crippen LogP contribution in [0.25, 0.3) is 0 Å². The van der Waals surface area contributed by atoms with Gasteiger partial charge in [0.2, 0.25) is 0 Å².